The number of carbonyl (C=O) groups is 2. The van der Waals surface area contributed by atoms with Crippen LogP contribution in [0.15, 0.2) is 24.3 Å². The lowest BCUT2D eigenvalue weighted by molar-refractivity contribution is -0.155. The molecule has 0 radical (unpaired) electrons. The summed E-state index contributed by atoms with van der Waals surface area (Å²) in [6.45, 7) is 7.53. The summed E-state index contributed by atoms with van der Waals surface area (Å²) < 4.78 is 5.18. The van der Waals surface area contributed by atoms with Crippen LogP contribution in [0.1, 0.15) is 52.5 Å². The molecule has 1 aromatic rings. The second-order valence-electron chi connectivity index (χ2n) is 6.04. The molecule has 0 fully saturated rings. The topological polar surface area (TPSA) is 55.4 Å². The highest BCUT2D eigenvalue weighted by Crippen LogP contribution is 2.17. The molecule has 0 heterocycles. The maximum atomic E-state index is 11.9. The van der Waals surface area contributed by atoms with Crippen molar-refractivity contribution < 1.29 is 14.3 Å². The molecule has 0 unspecified atom stereocenters. The molecule has 0 aliphatic carbocycles. The van der Waals surface area contributed by atoms with Gasteiger partial charge in [-0.15, -0.1) is 0 Å². The molecule has 4 nitrogen and oxygen atoms in total. The van der Waals surface area contributed by atoms with Gasteiger partial charge in [-0.2, -0.15) is 0 Å². The van der Waals surface area contributed by atoms with Crippen LogP contribution in [-0.2, 0) is 20.7 Å². The maximum Gasteiger partial charge on any atom is 0.306 e. The molecule has 0 aliphatic heterocycles. The summed E-state index contributed by atoms with van der Waals surface area (Å²) in [5, 5.41) is 2.87. The third-order valence-corrected chi connectivity index (χ3v) is 2.79. The lowest BCUT2D eigenvalue weighted by Crippen LogP contribution is -2.24. The van der Waals surface area contributed by atoms with Crippen LogP contribution in [0.4, 0.5) is 5.69 Å². The maximum absolute atomic E-state index is 11.9. The standard InChI is InChI=1S/C17H25NO3/c1-5-8-13-9-6-7-10-14(13)18-15(19)11-12-16(20)21-17(2,3)4/h6-7,9-10H,5,8,11-12H2,1-4H3,(H,18,19). The Morgan fingerprint density at radius 1 is 1.14 bits per heavy atom. The van der Waals surface area contributed by atoms with Crippen LogP contribution in [0.2, 0.25) is 0 Å². The Balaban J connectivity index is 2.49. The first-order valence-corrected chi connectivity index (χ1v) is 7.41. The van der Waals surface area contributed by atoms with Crippen molar-refractivity contribution in [3.8, 4) is 0 Å². The van der Waals surface area contributed by atoms with Crippen molar-refractivity contribution in [1.82, 2.24) is 0 Å². The summed E-state index contributed by atoms with van der Waals surface area (Å²) in [5.74, 6) is -0.510. The van der Waals surface area contributed by atoms with Crippen LogP contribution >= 0.6 is 0 Å². The van der Waals surface area contributed by atoms with Gasteiger partial charge in [0.25, 0.3) is 0 Å². The van der Waals surface area contributed by atoms with Gasteiger partial charge in [-0.1, -0.05) is 31.5 Å². The minimum absolute atomic E-state index is 0.0963. The molecule has 0 aromatic heterocycles. The van der Waals surface area contributed by atoms with Gasteiger partial charge in [-0.05, 0) is 38.8 Å². The summed E-state index contributed by atoms with van der Waals surface area (Å²) in [6.07, 6.45) is 2.17. The molecule has 1 N–H and O–H groups in total. The zero-order valence-electron chi connectivity index (χ0n) is 13.4. The first kappa shape index (κ1) is 17.2. The zero-order valence-corrected chi connectivity index (χ0v) is 13.4. The number of benzene rings is 1. The fourth-order valence-electron chi connectivity index (χ4n) is 1.95. The number of amides is 1. The van der Waals surface area contributed by atoms with Crippen molar-refractivity contribution in [3.05, 3.63) is 29.8 Å². The highest BCUT2D eigenvalue weighted by molar-refractivity contribution is 5.93. The number of aryl methyl sites for hydroxylation is 1. The number of ether oxygens (including phenoxy) is 1. The predicted octanol–water partition coefficient (Wildman–Crippen LogP) is 3.70. The number of nitrogens with one attached hydrogen (secondary N) is 1. The van der Waals surface area contributed by atoms with E-state index in [9.17, 15) is 9.59 Å². The fraction of sp³-hybridized carbons (Fsp3) is 0.529. The molecule has 0 saturated heterocycles. The van der Waals surface area contributed by atoms with Gasteiger partial charge in [0, 0.05) is 12.1 Å². The average molecular weight is 291 g/mol. The van der Waals surface area contributed by atoms with Crippen LogP contribution in [0.3, 0.4) is 0 Å². The summed E-state index contributed by atoms with van der Waals surface area (Å²) >= 11 is 0. The van der Waals surface area contributed by atoms with Gasteiger partial charge in [0.1, 0.15) is 5.60 Å². The Morgan fingerprint density at radius 2 is 1.81 bits per heavy atom. The van der Waals surface area contributed by atoms with Crippen molar-refractivity contribution in [2.75, 3.05) is 5.32 Å². The van der Waals surface area contributed by atoms with Crippen molar-refractivity contribution >= 4 is 17.6 Å². The molecule has 0 spiro atoms. The molecule has 1 aromatic carbocycles. The molecule has 116 valence electrons. The SMILES string of the molecule is CCCc1ccccc1NC(=O)CCC(=O)OC(C)(C)C. The number of rotatable bonds is 6. The average Bonchev–Trinajstić information content (AvgIpc) is 2.37. The quantitative estimate of drug-likeness (QED) is 0.813. The van der Waals surface area contributed by atoms with E-state index in [0.29, 0.717) is 0 Å². The Kier molecular flexibility index (Phi) is 6.40. The van der Waals surface area contributed by atoms with Crippen LogP contribution < -0.4 is 5.32 Å². The van der Waals surface area contributed by atoms with Crippen molar-refractivity contribution in [1.29, 1.82) is 0 Å². The second-order valence-corrected chi connectivity index (χ2v) is 6.04. The lowest BCUT2D eigenvalue weighted by Gasteiger charge is -2.19. The van der Waals surface area contributed by atoms with E-state index >= 15 is 0 Å². The number of hydrogen-bond donors (Lipinski definition) is 1. The van der Waals surface area contributed by atoms with Crippen LogP contribution in [0.25, 0.3) is 0 Å². The number of para-hydroxylation sites is 1. The van der Waals surface area contributed by atoms with Crippen molar-refractivity contribution in [2.24, 2.45) is 0 Å². The van der Waals surface area contributed by atoms with Crippen molar-refractivity contribution in [3.63, 3.8) is 0 Å². The van der Waals surface area contributed by atoms with Gasteiger partial charge in [-0.3, -0.25) is 9.59 Å². The summed E-state index contributed by atoms with van der Waals surface area (Å²) in [7, 11) is 0. The van der Waals surface area contributed by atoms with Crippen LogP contribution in [-0.4, -0.2) is 17.5 Å². The lowest BCUT2D eigenvalue weighted by atomic mass is 10.1. The highest BCUT2D eigenvalue weighted by Gasteiger charge is 2.17. The number of anilines is 1. The normalized spacial score (nSPS) is 11.0. The third-order valence-electron chi connectivity index (χ3n) is 2.79. The smallest absolute Gasteiger partial charge is 0.306 e. The Bertz CT molecular complexity index is 489. The predicted molar refractivity (Wildman–Crippen MR) is 84.1 cm³/mol. The van der Waals surface area contributed by atoms with Gasteiger partial charge in [-0.25, -0.2) is 0 Å². The Labute approximate surface area is 126 Å². The molecule has 1 rings (SSSR count). The molecular formula is C17H25NO3. The molecular weight excluding hydrogens is 266 g/mol. The summed E-state index contributed by atoms with van der Waals surface area (Å²) in [4.78, 5) is 23.5. The monoisotopic (exact) mass is 291 g/mol. The van der Waals surface area contributed by atoms with Gasteiger partial charge in [0.15, 0.2) is 0 Å². The van der Waals surface area contributed by atoms with E-state index in [1.165, 1.54) is 0 Å². The zero-order chi connectivity index (χ0) is 15.9. The van der Waals surface area contributed by atoms with Crippen LogP contribution in [0.5, 0.6) is 0 Å². The highest BCUT2D eigenvalue weighted by atomic mass is 16.6. The first-order valence-electron chi connectivity index (χ1n) is 7.41. The molecule has 0 saturated carbocycles. The van der Waals surface area contributed by atoms with E-state index in [0.717, 1.165) is 24.1 Å². The minimum Gasteiger partial charge on any atom is -0.460 e. The number of esters is 1. The van der Waals surface area contributed by atoms with Crippen LogP contribution in [0, 0.1) is 0 Å². The van der Waals surface area contributed by atoms with Gasteiger partial charge in [0.2, 0.25) is 5.91 Å². The summed E-state index contributed by atoms with van der Waals surface area (Å²) in [6, 6.07) is 7.74. The molecule has 4 heteroatoms. The molecule has 0 aliphatic rings. The molecule has 21 heavy (non-hydrogen) atoms. The molecule has 1 amide bonds. The largest absolute Gasteiger partial charge is 0.460 e. The van der Waals surface area contributed by atoms with Gasteiger partial charge in [0.05, 0.1) is 6.42 Å². The summed E-state index contributed by atoms with van der Waals surface area (Å²) in [5.41, 5.74) is 1.43. The Morgan fingerprint density at radius 3 is 2.43 bits per heavy atom. The molecule has 0 atom stereocenters. The first-order chi connectivity index (χ1) is 9.81. The third kappa shape index (κ3) is 6.93. The van der Waals surface area contributed by atoms with E-state index in [2.05, 4.69) is 12.2 Å². The minimum atomic E-state index is -0.513. The van der Waals surface area contributed by atoms with Gasteiger partial charge < -0.3 is 10.1 Å². The van der Waals surface area contributed by atoms with E-state index in [1.54, 1.807) is 0 Å². The van der Waals surface area contributed by atoms with E-state index in [-0.39, 0.29) is 24.7 Å². The number of hydrogen-bond acceptors (Lipinski definition) is 3. The van der Waals surface area contributed by atoms with E-state index in [4.69, 9.17) is 4.74 Å². The Hall–Kier alpha value is -1.84. The van der Waals surface area contributed by atoms with E-state index in [1.807, 2.05) is 45.0 Å². The van der Waals surface area contributed by atoms with Crippen molar-refractivity contribution in [2.45, 2.75) is 59.0 Å². The fourth-order valence-corrected chi connectivity index (χ4v) is 1.95. The second kappa shape index (κ2) is 7.81. The van der Waals surface area contributed by atoms with Gasteiger partial charge >= 0.3 is 5.97 Å². The molecule has 0 bridgehead atoms. The van der Waals surface area contributed by atoms with E-state index < -0.39 is 5.60 Å². The number of carbonyl (C=O) groups excluding carboxylic acids is 2.